The van der Waals surface area contributed by atoms with Gasteiger partial charge in [0.1, 0.15) is 16.2 Å². The number of hydrogen-bond donors (Lipinski definition) is 1. The molecule has 7 rings (SSSR count). The van der Waals surface area contributed by atoms with Gasteiger partial charge in [0.15, 0.2) is 6.29 Å². The number of thiophene rings is 1. The van der Waals surface area contributed by atoms with Crippen LogP contribution in [0.2, 0.25) is 0 Å². The average Bonchev–Trinajstić information content (AvgIpc) is 3.38. The zero-order valence-corrected chi connectivity index (χ0v) is 27.7. The molecule has 242 valence electrons. The van der Waals surface area contributed by atoms with Crippen molar-refractivity contribution in [1.82, 2.24) is 24.2 Å². The van der Waals surface area contributed by atoms with Crippen LogP contribution < -0.4 is 21.3 Å². The van der Waals surface area contributed by atoms with E-state index in [0.717, 1.165) is 67.1 Å². The number of anilines is 3. The van der Waals surface area contributed by atoms with Gasteiger partial charge in [-0.1, -0.05) is 19.1 Å². The first-order valence-corrected chi connectivity index (χ1v) is 16.7. The summed E-state index contributed by atoms with van der Waals surface area (Å²) in [5.74, 6) is 0.534. The van der Waals surface area contributed by atoms with Crippen LogP contribution in [-0.4, -0.2) is 75.4 Å². The van der Waals surface area contributed by atoms with Crippen LogP contribution in [0.5, 0.6) is 0 Å². The molecule has 12 heteroatoms. The number of carbonyl (C=O) groups excluding carboxylic acids is 1. The summed E-state index contributed by atoms with van der Waals surface area (Å²) in [6, 6.07) is 11.8. The van der Waals surface area contributed by atoms with Gasteiger partial charge in [0, 0.05) is 60.3 Å². The molecule has 4 aromatic heterocycles. The van der Waals surface area contributed by atoms with E-state index < -0.39 is 0 Å². The number of nitrogens with one attached hydrogen (secondary N) is 1. The summed E-state index contributed by atoms with van der Waals surface area (Å²) in [6.45, 7) is 10.8. The lowest BCUT2D eigenvalue weighted by Crippen LogP contribution is -2.59. The van der Waals surface area contributed by atoms with Crippen LogP contribution in [0.15, 0.2) is 64.6 Å². The maximum atomic E-state index is 13.6. The van der Waals surface area contributed by atoms with Crippen molar-refractivity contribution < 1.29 is 9.53 Å². The first-order valence-electron chi connectivity index (χ1n) is 15.9. The molecule has 5 aromatic rings. The maximum absolute atomic E-state index is 13.6. The Morgan fingerprint density at radius 1 is 1.11 bits per heavy atom. The van der Waals surface area contributed by atoms with Crippen LogP contribution in [0.25, 0.3) is 26.9 Å². The molecule has 47 heavy (non-hydrogen) atoms. The lowest BCUT2D eigenvalue weighted by molar-refractivity contribution is -0.0691. The molecule has 1 atom stereocenters. The van der Waals surface area contributed by atoms with Crippen molar-refractivity contribution in [2.24, 2.45) is 7.05 Å². The molecule has 0 spiro atoms. The van der Waals surface area contributed by atoms with Crippen molar-refractivity contribution in [2.75, 3.05) is 43.1 Å². The van der Waals surface area contributed by atoms with Gasteiger partial charge in [-0.15, -0.1) is 11.3 Å². The maximum Gasteiger partial charge on any atom is 0.289 e. The number of rotatable bonds is 8. The minimum Gasteiger partial charge on any atom is -0.378 e. The second-order valence-electron chi connectivity index (χ2n) is 12.3. The zero-order chi connectivity index (χ0) is 32.8. The van der Waals surface area contributed by atoms with Crippen LogP contribution in [0.3, 0.4) is 0 Å². The summed E-state index contributed by atoms with van der Waals surface area (Å²) in [5.41, 5.74) is 3.85. The number of aldehydes is 1. The minimum atomic E-state index is -0.267. The Balaban J connectivity index is 1.18. The van der Waals surface area contributed by atoms with Crippen molar-refractivity contribution in [2.45, 2.75) is 39.3 Å². The van der Waals surface area contributed by atoms with E-state index in [-0.39, 0.29) is 11.1 Å². The monoisotopic (exact) mass is 651 g/mol. The fourth-order valence-corrected chi connectivity index (χ4v) is 7.88. The predicted octanol–water partition coefficient (Wildman–Crippen LogP) is 4.54. The molecule has 0 radical (unpaired) electrons. The highest BCUT2D eigenvalue weighted by Crippen LogP contribution is 2.31. The number of hydrogen-bond acceptors (Lipinski definition) is 10. The van der Waals surface area contributed by atoms with Crippen LogP contribution in [0.1, 0.15) is 34.6 Å². The Morgan fingerprint density at radius 2 is 1.94 bits per heavy atom. The number of carbonyl (C=O) groups is 1. The topological polar surface area (TPSA) is 115 Å². The van der Waals surface area contributed by atoms with E-state index in [9.17, 15) is 14.4 Å². The number of benzene rings is 1. The Kier molecular flexibility index (Phi) is 8.25. The van der Waals surface area contributed by atoms with Gasteiger partial charge < -0.3 is 19.5 Å². The third-order valence-electron chi connectivity index (χ3n) is 9.35. The second kappa shape index (κ2) is 12.5. The molecule has 2 saturated heterocycles. The third-order valence-corrected chi connectivity index (χ3v) is 10.5. The third kappa shape index (κ3) is 5.56. The first kappa shape index (κ1) is 31.0. The van der Waals surface area contributed by atoms with Gasteiger partial charge in [-0.2, -0.15) is 9.78 Å². The molecule has 1 unspecified atom stereocenters. The van der Waals surface area contributed by atoms with E-state index in [0.29, 0.717) is 50.7 Å². The number of pyridine rings is 2. The summed E-state index contributed by atoms with van der Waals surface area (Å²) >= 11 is 1.45. The highest BCUT2D eigenvalue weighted by atomic mass is 32.1. The van der Waals surface area contributed by atoms with Gasteiger partial charge in [-0.05, 0) is 55.7 Å². The van der Waals surface area contributed by atoms with Crippen molar-refractivity contribution in [3.05, 3.63) is 91.7 Å². The Bertz CT molecular complexity index is 2100. The van der Waals surface area contributed by atoms with Crippen LogP contribution in [0, 0.1) is 6.92 Å². The quantitative estimate of drug-likeness (QED) is 0.242. The normalized spacial score (nSPS) is 17.2. The predicted molar refractivity (Wildman–Crippen MR) is 186 cm³/mol. The molecular formula is C35H37N7O4S. The van der Waals surface area contributed by atoms with E-state index >= 15 is 0 Å². The highest BCUT2D eigenvalue weighted by Gasteiger charge is 2.32. The molecule has 0 amide bonds. The largest absolute Gasteiger partial charge is 0.378 e. The summed E-state index contributed by atoms with van der Waals surface area (Å²) in [4.78, 5) is 50.0. The van der Waals surface area contributed by atoms with E-state index in [1.807, 2.05) is 25.3 Å². The smallest absolute Gasteiger partial charge is 0.289 e. The fraction of sp³-hybridized carbons (Fsp3) is 0.343. The van der Waals surface area contributed by atoms with E-state index in [1.54, 1.807) is 43.7 Å². The standard InChI is InChI=1S/C35H37N7O4S/c1-5-26-22(3)47-33-28(26)15-37-42(35(33)45)31-8-6-7-27(29(31)18-43)23-13-30(34(44)39(4)17-23)38-32-10-9-24(14-36-32)41-12-11-40(16-21(41)2)25-19-46-20-25/h6-10,13-15,17-18,21,25H,5,11-12,16,19-20H2,1-4H3,(H,36,38). The summed E-state index contributed by atoms with van der Waals surface area (Å²) in [5, 5.41) is 8.52. The van der Waals surface area contributed by atoms with Crippen molar-refractivity contribution in [3.8, 4) is 16.8 Å². The van der Waals surface area contributed by atoms with E-state index in [4.69, 9.17) is 4.74 Å². The first-order chi connectivity index (χ1) is 22.8. The second-order valence-corrected chi connectivity index (χ2v) is 13.5. The molecule has 1 N–H and O–H groups in total. The van der Waals surface area contributed by atoms with E-state index in [1.165, 1.54) is 20.6 Å². The number of fused-ring (bicyclic) bond motifs is 1. The van der Waals surface area contributed by atoms with Crippen LogP contribution in [0.4, 0.5) is 17.2 Å². The Morgan fingerprint density at radius 3 is 2.62 bits per heavy atom. The summed E-state index contributed by atoms with van der Waals surface area (Å²) in [6.07, 6.45) is 6.77. The van der Waals surface area contributed by atoms with Gasteiger partial charge in [0.05, 0.1) is 43.0 Å². The van der Waals surface area contributed by atoms with Gasteiger partial charge in [-0.3, -0.25) is 19.3 Å². The molecule has 1 aromatic carbocycles. The van der Waals surface area contributed by atoms with Gasteiger partial charge >= 0.3 is 0 Å². The molecule has 0 aliphatic carbocycles. The SMILES string of the molecule is CCc1c(C)sc2c(=O)n(-c3cccc(-c4cc(Nc5ccc(N6CCN(C7COC7)CC6C)cn5)c(=O)n(C)c4)c3C=O)ncc12. The lowest BCUT2D eigenvalue weighted by atomic mass is 9.99. The number of ether oxygens (including phenoxy) is 1. The molecular weight excluding hydrogens is 614 g/mol. The molecule has 2 aliphatic heterocycles. The minimum absolute atomic E-state index is 0.240. The number of piperazine rings is 1. The molecule has 2 fully saturated rings. The van der Waals surface area contributed by atoms with Crippen molar-refractivity contribution in [3.63, 3.8) is 0 Å². The zero-order valence-electron chi connectivity index (χ0n) is 26.9. The highest BCUT2D eigenvalue weighted by molar-refractivity contribution is 7.19. The van der Waals surface area contributed by atoms with Crippen molar-refractivity contribution >= 4 is 44.9 Å². The Labute approximate surface area is 276 Å². The average molecular weight is 652 g/mol. The molecule has 11 nitrogen and oxygen atoms in total. The summed E-state index contributed by atoms with van der Waals surface area (Å²) in [7, 11) is 1.67. The van der Waals surface area contributed by atoms with Gasteiger partial charge in [-0.25, -0.2) is 4.98 Å². The van der Waals surface area contributed by atoms with Crippen molar-refractivity contribution in [1.29, 1.82) is 0 Å². The van der Waals surface area contributed by atoms with Crippen LogP contribution in [-0.2, 0) is 18.2 Å². The number of nitrogens with zero attached hydrogens (tertiary/aromatic N) is 6. The lowest BCUT2D eigenvalue weighted by Gasteiger charge is -2.46. The van der Waals surface area contributed by atoms with Crippen LogP contribution >= 0.6 is 11.3 Å². The fourth-order valence-electron chi connectivity index (χ4n) is 6.73. The molecule has 0 bridgehead atoms. The van der Waals surface area contributed by atoms with Gasteiger partial charge in [0.25, 0.3) is 11.1 Å². The Hall–Kier alpha value is -4.65. The molecule has 2 aliphatic rings. The van der Waals surface area contributed by atoms with E-state index in [2.05, 4.69) is 39.0 Å². The summed E-state index contributed by atoms with van der Waals surface area (Å²) < 4.78 is 8.76. The van der Waals surface area contributed by atoms with Gasteiger partial charge in [0.2, 0.25) is 0 Å². The molecule has 0 saturated carbocycles. The number of aryl methyl sites for hydroxylation is 3. The number of aromatic nitrogens is 4. The molecule has 6 heterocycles.